The molecule has 2 heteroatoms. The van der Waals surface area contributed by atoms with E-state index in [1.165, 1.54) is 16.5 Å². The molecule has 0 aromatic heterocycles. The van der Waals surface area contributed by atoms with Gasteiger partial charge in [0.15, 0.2) is 0 Å². The van der Waals surface area contributed by atoms with Crippen LogP contribution in [-0.4, -0.2) is 10.00 Å². The predicted molar refractivity (Wildman–Crippen MR) is 63.3 cm³/mol. The van der Waals surface area contributed by atoms with Crippen molar-refractivity contribution < 1.29 is 0 Å². The number of hydrogen-bond donors (Lipinski definition) is 0. The van der Waals surface area contributed by atoms with E-state index in [9.17, 15) is 0 Å². The Labute approximate surface area is 92.2 Å². The summed E-state index contributed by atoms with van der Waals surface area (Å²) in [6.45, 7) is 4.66. The topological polar surface area (TPSA) is 0 Å². The van der Waals surface area contributed by atoms with Crippen molar-refractivity contribution >= 4 is 27.7 Å². The van der Waals surface area contributed by atoms with Crippen LogP contribution >= 0.6 is 27.7 Å². The fourth-order valence-corrected chi connectivity index (χ4v) is 3.13. The molecule has 0 aliphatic carbocycles. The lowest BCUT2D eigenvalue weighted by Gasteiger charge is -2.07. The third kappa shape index (κ3) is 2.10. The number of thioether (sulfide) groups is 1. The number of halogens is 1. The lowest BCUT2D eigenvalue weighted by atomic mass is 9.99. The molecule has 0 radical (unpaired) electrons. The lowest BCUT2D eigenvalue weighted by molar-refractivity contribution is 0.715. The summed E-state index contributed by atoms with van der Waals surface area (Å²) in [7, 11) is 0. The quantitative estimate of drug-likeness (QED) is 0.724. The zero-order valence-electron chi connectivity index (χ0n) is 7.88. The molecule has 1 heterocycles. The van der Waals surface area contributed by atoms with Gasteiger partial charge in [0, 0.05) is 14.5 Å². The van der Waals surface area contributed by atoms with E-state index in [4.69, 9.17) is 0 Å². The summed E-state index contributed by atoms with van der Waals surface area (Å²) in [6, 6.07) is 8.62. The van der Waals surface area contributed by atoms with Crippen LogP contribution in [0.5, 0.6) is 0 Å². The van der Waals surface area contributed by atoms with Crippen LogP contribution in [0, 0.1) is 0 Å². The summed E-state index contributed by atoms with van der Waals surface area (Å²) in [5, 5.41) is 0.825. The van der Waals surface area contributed by atoms with Gasteiger partial charge in [-0.15, -0.1) is 11.8 Å². The highest BCUT2D eigenvalue weighted by Crippen LogP contribution is 2.54. The molecule has 2 atom stereocenters. The van der Waals surface area contributed by atoms with Crippen molar-refractivity contribution in [1.82, 2.24) is 0 Å². The molecule has 0 nitrogen and oxygen atoms in total. The first-order valence-corrected chi connectivity index (χ1v) is 6.20. The summed E-state index contributed by atoms with van der Waals surface area (Å²) in [6.07, 6.45) is 1.19. The first-order valence-electron chi connectivity index (χ1n) is 4.52. The zero-order valence-corrected chi connectivity index (χ0v) is 10.3. The van der Waals surface area contributed by atoms with Crippen LogP contribution in [0.4, 0.5) is 0 Å². The largest absolute Gasteiger partial charge is 0.149 e. The van der Waals surface area contributed by atoms with Crippen molar-refractivity contribution in [3.8, 4) is 0 Å². The highest BCUT2D eigenvalue weighted by Gasteiger charge is 2.47. The SMILES string of the molecule is CC1SC1(C)Cc1cccc(Br)c1. The molecule has 1 aromatic rings. The van der Waals surface area contributed by atoms with Crippen LogP contribution in [0.15, 0.2) is 28.7 Å². The smallest absolute Gasteiger partial charge is 0.0291 e. The van der Waals surface area contributed by atoms with Gasteiger partial charge in [-0.05, 0) is 31.0 Å². The van der Waals surface area contributed by atoms with Crippen LogP contribution in [0.2, 0.25) is 0 Å². The maximum absolute atomic E-state index is 3.50. The minimum absolute atomic E-state index is 0.501. The third-order valence-electron chi connectivity index (χ3n) is 2.69. The average molecular weight is 257 g/mol. The molecule has 0 spiro atoms. The Bertz CT molecular complexity index is 324. The molecule has 1 aliphatic heterocycles. The number of rotatable bonds is 2. The van der Waals surface area contributed by atoms with Crippen LogP contribution in [0.3, 0.4) is 0 Å². The Morgan fingerprint density at radius 1 is 1.54 bits per heavy atom. The van der Waals surface area contributed by atoms with Crippen molar-refractivity contribution in [3.63, 3.8) is 0 Å². The second-order valence-corrected chi connectivity index (χ2v) is 6.67. The second kappa shape index (κ2) is 3.32. The van der Waals surface area contributed by atoms with Crippen molar-refractivity contribution in [1.29, 1.82) is 0 Å². The maximum atomic E-state index is 3.50. The molecule has 2 unspecified atom stereocenters. The first kappa shape index (κ1) is 9.60. The molecule has 13 heavy (non-hydrogen) atoms. The molecule has 70 valence electrons. The molecule has 1 aromatic carbocycles. The number of hydrogen-bond acceptors (Lipinski definition) is 1. The third-order valence-corrected chi connectivity index (χ3v) is 4.84. The maximum Gasteiger partial charge on any atom is 0.0291 e. The van der Waals surface area contributed by atoms with Gasteiger partial charge in [0.2, 0.25) is 0 Å². The normalized spacial score (nSPS) is 31.8. The van der Waals surface area contributed by atoms with E-state index >= 15 is 0 Å². The molecular weight excluding hydrogens is 244 g/mol. The van der Waals surface area contributed by atoms with E-state index in [-0.39, 0.29) is 0 Å². The molecule has 1 fully saturated rings. The van der Waals surface area contributed by atoms with Gasteiger partial charge in [-0.3, -0.25) is 0 Å². The average Bonchev–Trinajstić information content (AvgIpc) is 2.58. The fraction of sp³-hybridized carbons (Fsp3) is 0.455. The molecule has 0 bridgehead atoms. The van der Waals surface area contributed by atoms with Crippen LogP contribution in [-0.2, 0) is 6.42 Å². The highest BCUT2D eigenvalue weighted by molar-refractivity contribution is 9.10. The van der Waals surface area contributed by atoms with Crippen LogP contribution in [0.25, 0.3) is 0 Å². The van der Waals surface area contributed by atoms with Crippen LogP contribution in [0.1, 0.15) is 19.4 Å². The molecule has 0 saturated carbocycles. The molecule has 0 N–H and O–H groups in total. The Balaban J connectivity index is 2.10. The standard InChI is InChI=1S/C11H13BrS/c1-8-11(2,13-8)7-9-4-3-5-10(12)6-9/h3-6,8H,7H2,1-2H3. The van der Waals surface area contributed by atoms with Gasteiger partial charge < -0.3 is 0 Å². The highest BCUT2D eigenvalue weighted by atomic mass is 79.9. The Morgan fingerprint density at radius 2 is 2.23 bits per heavy atom. The Hall–Kier alpha value is 0.0500. The summed E-state index contributed by atoms with van der Waals surface area (Å²) in [5.41, 5.74) is 1.44. The van der Waals surface area contributed by atoms with E-state index in [0.717, 1.165) is 5.25 Å². The lowest BCUT2D eigenvalue weighted by Crippen LogP contribution is -2.10. The summed E-state index contributed by atoms with van der Waals surface area (Å²) >= 11 is 5.58. The molecular formula is C11H13BrS. The summed E-state index contributed by atoms with van der Waals surface area (Å²) < 4.78 is 1.69. The van der Waals surface area contributed by atoms with E-state index in [2.05, 4.69) is 65.8 Å². The first-order chi connectivity index (χ1) is 6.10. The summed E-state index contributed by atoms with van der Waals surface area (Å²) in [4.78, 5) is 0. The van der Waals surface area contributed by atoms with Crippen molar-refractivity contribution in [2.45, 2.75) is 30.3 Å². The predicted octanol–water partition coefficient (Wildman–Crippen LogP) is 3.89. The molecule has 2 rings (SSSR count). The molecule has 1 saturated heterocycles. The van der Waals surface area contributed by atoms with Crippen molar-refractivity contribution in [2.75, 3.05) is 0 Å². The second-order valence-electron chi connectivity index (χ2n) is 3.88. The van der Waals surface area contributed by atoms with Gasteiger partial charge in [-0.2, -0.15) is 0 Å². The van der Waals surface area contributed by atoms with Gasteiger partial charge in [-0.1, -0.05) is 35.0 Å². The van der Waals surface area contributed by atoms with E-state index in [1.54, 1.807) is 0 Å². The number of benzene rings is 1. The van der Waals surface area contributed by atoms with Gasteiger partial charge >= 0.3 is 0 Å². The molecule has 0 amide bonds. The monoisotopic (exact) mass is 256 g/mol. The molecule has 1 aliphatic rings. The van der Waals surface area contributed by atoms with Crippen LogP contribution < -0.4 is 0 Å². The Kier molecular flexibility index (Phi) is 2.45. The van der Waals surface area contributed by atoms with Crippen molar-refractivity contribution in [2.24, 2.45) is 0 Å². The van der Waals surface area contributed by atoms with Gasteiger partial charge in [-0.25, -0.2) is 0 Å². The summed E-state index contributed by atoms with van der Waals surface area (Å²) in [5.74, 6) is 0. The van der Waals surface area contributed by atoms with Gasteiger partial charge in [0.05, 0.1) is 0 Å². The van der Waals surface area contributed by atoms with E-state index < -0.39 is 0 Å². The van der Waals surface area contributed by atoms with Gasteiger partial charge in [0.25, 0.3) is 0 Å². The fourth-order valence-electron chi connectivity index (χ4n) is 1.61. The van der Waals surface area contributed by atoms with E-state index in [1.807, 2.05) is 0 Å². The van der Waals surface area contributed by atoms with E-state index in [0.29, 0.717) is 4.75 Å². The van der Waals surface area contributed by atoms with Gasteiger partial charge in [0.1, 0.15) is 0 Å². The Morgan fingerprint density at radius 3 is 2.77 bits per heavy atom. The van der Waals surface area contributed by atoms with Crippen molar-refractivity contribution in [3.05, 3.63) is 34.3 Å². The minimum Gasteiger partial charge on any atom is -0.149 e. The minimum atomic E-state index is 0.501. The zero-order chi connectivity index (χ0) is 9.47.